The highest BCUT2D eigenvalue weighted by molar-refractivity contribution is 6.12. The van der Waals surface area contributed by atoms with Crippen LogP contribution in [0.15, 0.2) is 183 Å². The first-order chi connectivity index (χ1) is 30.6. The monoisotopic (exact) mass is 810 g/mol. The number of hydrogen-bond donors (Lipinski definition) is 3. The smallest absolute Gasteiger partial charge is 0.198 e. The van der Waals surface area contributed by atoms with Crippen LogP contribution in [0, 0.1) is 0 Å². The molecule has 6 aromatic heterocycles. The average Bonchev–Trinajstić information content (AvgIpc) is 3.98. The fourth-order valence-corrected chi connectivity index (χ4v) is 7.46. The van der Waals surface area contributed by atoms with Crippen molar-refractivity contribution in [1.82, 2.24) is 39.2 Å². The largest absolute Gasteiger partial charge is 0.383 e. The number of fused-ring (bicyclic) bond motifs is 2. The lowest BCUT2D eigenvalue weighted by molar-refractivity contribution is 0.104. The van der Waals surface area contributed by atoms with Crippen LogP contribution in [0.3, 0.4) is 0 Å². The van der Waals surface area contributed by atoms with Crippen LogP contribution in [-0.4, -0.2) is 50.1 Å². The van der Waals surface area contributed by atoms with E-state index in [1.165, 1.54) is 0 Å². The van der Waals surface area contributed by atoms with E-state index in [2.05, 4.69) is 30.8 Å². The second kappa shape index (κ2) is 16.7. The second-order valence-electron chi connectivity index (χ2n) is 14.8. The van der Waals surface area contributed by atoms with Crippen molar-refractivity contribution in [3.05, 3.63) is 216 Å². The predicted molar refractivity (Wildman–Crippen MR) is 239 cm³/mol. The fourth-order valence-electron chi connectivity index (χ4n) is 7.46. The van der Waals surface area contributed by atoms with Gasteiger partial charge in [0.15, 0.2) is 17.1 Å². The topological polar surface area (TPSA) is 148 Å². The van der Waals surface area contributed by atoms with Gasteiger partial charge in [-0.05, 0) is 39.9 Å². The van der Waals surface area contributed by atoms with Crippen LogP contribution in [0.1, 0.15) is 44.3 Å². The summed E-state index contributed by atoms with van der Waals surface area (Å²) in [5.41, 5.74) is 10.5. The molecule has 0 saturated heterocycles. The minimum atomic E-state index is -0.909. The maximum atomic E-state index is 14.1. The predicted octanol–water partition coefficient (Wildman–Crippen LogP) is 9.10. The molecule has 0 radical (unpaired) electrons. The van der Waals surface area contributed by atoms with E-state index in [0.717, 1.165) is 50.5 Å². The van der Waals surface area contributed by atoms with E-state index >= 15 is 0 Å². The van der Waals surface area contributed by atoms with Crippen LogP contribution in [-0.2, 0) is 13.1 Å². The Morgan fingerprint density at radius 3 is 1.66 bits per heavy atom. The number of nitrogens with one attached hydrogen (secondary N) is 2. The van der Waals surface area contributed by atoms with E-state index in [9.17, 15) is 9.90 Å². The summed E-state index contributed by atoms with van der Waals surface area (Å²) in [7, 11) is 0. The second-order valence-corrected chi connectivity index (χ2v) is 14.8. The van der Waals surface area contributed by atoms with Gasteiger partial charge in [-0.25, -0.2) is 9.97 Å². The van der Waals surface area contributed by atoms with Gasteiger partial charge in [-0.3, -0.25) is 14.8 Å². The van der Waals surface area contributed by atoms with Crippen molar-refractivity contribution in [3.8, 4) is 33.6 Å². The van der Waals surface area contributed by atoms with Crippen LogP contribution in [0.2, 0.25) is 0 Å². The van der Waals surface area contributed by atoms with Crippen LogP contribution in [0.5, 0.6) is 0 Å². The molecule has 1 unspecified atom stereocenters. The fraction of sp³-hybridized carbons (Fsp3) is 0.0600. The first-order valence-electron chi connectivity index (χ1n) is 20.1. The van der Waals surface area contributed by atoms with E-state index in [4.69, 9.17) is 9.97 Å². The Morgan fingerprint density at radius 2 is 1.06 bits per heavy atom. The molecule has 0 amide bonds. The molecule has 10 rings (SSSR count). The molecule has 0 fully saturated rings. The quantitative estimate of drug-likeness (QED) is 0.0964. The number of rotatable bonds is 13. The molecule has 62 heavy (non-hydrogen) atoms. The Morgan fingerprint density at radius 1 is 0.548 bits per heavy atom. The number of aromatic nitrogens is 8. The van der Waals surface area contributed by atoms with Gasteiger partial charge in [0.1, 0.15) is 17.7 Å². The van der Waals surface area contributed by atoms with E-state index in [1.54, 1.807) is 33.8 Å². The number of anilines is 2. The Labute approximate surface area is 356 Å². The number of nitrogens with zero attached hydrogens (tertiary/aromatic N) is 8. The van der Waals surface area contributed by atoms with E-state index < -0.39 is 6.10 Å². The van der Waals surface area contributed by atoms with Crippen molar-refractivity contribution in [3.63, 3.8) is 0 Å². The van der Waals surface area contributed by atoms with Crippen molar-refractivity contribution >= 4 is 28.7 Å². The summed E-state index contributed by atoms with van der Waals surface area (Å²) in [6.07, 6.45) is 9.47. The zero-order chi connectivity index (χ0) is 41.8. The summed E-state index contributed by atoms with van der Waals surface area (Å²) in [6.45, 7) is 1.04. The van der Waals surface area contributed by atoms with E-state index in [1.807, 2.05) is 158 Å². The average molecular weight is 811 g/mol. The first-order valence-corrected chi connectivity index (χ1v) is 20.1. The third-order valence-electron chi connectivity index (χ3n) is 10.7. The summed E-state index contributed by atoms with van der Waals surface area (Å²) in [4.78, 5) is 32.6. The normalized spacial score (nSPS) is 11.8. The molecule has 4 aromatic carbocycles. The summed E-state index contributed by atoms with van der Waals surface area (Å²) in [5, 5.41) is 27.6. The van der Waals surface area contributed by atoms with Gasteiger partial charge < -0.3 is 15.7 Å². The summed E-state index contributed by atoms with van der Waals surface area (Å²) in [6, 6.07) is 46.8. The number of carbonyl (C=O) groups excluding carboxylic acids is 1. The number of benzene rings is 4. The van der Waals surface area contributed by atoms with Crippen molar-refractivity contribution in [2.45, 2.75) is 19.2 Å². The van der Waals surface area contributed by atoms with Crippen LogP contribution in [0.25, 0.3) is 44.9 Å². The summed E-state index contributed by atoms with van der Waals surface area (Å²) >= 11 is 0. The molecule has 6 heterocycles. The van der Waals surface area contributed by atoms with Gasteiger partial charge >= 0.3 is 0 Å². The molecule has 0 bridgehead atoms. The minimum Gasteiger partial charge on any atom is -0.383 e. The Bertz CT molecular complexity index is 3140. The van der Waals surface area contributed by atoms with Gasteiger partial charge in [0.2, 0.25) is 0 Å². The lowest BCUT2D eigenvalue weighted by atomic mass is 9.99. The molecular weight excluding hydrogens is 773 g/mol. The SMILES string of the molecule is O=C(c1ccc(-c2ccc(-c3cc(NCc4cccnc4)n4ncc(C(O)c5ccccc5)c4n3)cc2)cc1)c1cnn2c(NCc3cccnc3)cc(-c3ccccc3)nc12. The van der Waals surface area contributed by atoms with Gasteiger partial charge in [0, 0.05) is 72.3 Å². The Balaban J connectivity index is 0.929. The van der Waals surface area contributed by atoms with Crippen LogP contribution < -0.4 is 10.6 Å². The molecule has 10 aromatic rings. The molecule has 0 aliphatic carbocycles. The molecule has 0 aliphatic rings. The zero-order valence-corrected chi connectivity index (χ0v) is 33.2. The highest BCUT2D eigenvalue weighted by atomic mass is 16.3. The zero-order valence-electron chi connectivity index (χ0n) is 33.2. The number of hydrogen-bond acceptors (Lipinski definition) is 10. The molecule has 12 nitrogen and oxygen atoms in total. The molecule has 0 spiro atoms. The number of carbonyl (C=O) groups is 1. The Kier molecular flexibility index (Phi) is 10.2. The molecular formula is C50H38N10O2. The van der Waals surface area contributed by atoms with Gasteiger partial charge in [0.05, 0.1) is 29.3 Å². The highest BCUT2D eigenvalue weighted by Gasteiger charge is 2.22. The van der Waals surface area contributed by atoms with E-state index in [-0.39, 0.29) is 5.78 Å². The van der Waals surface area contributed by atoms with Crippen molar-refractivity contribution in [2.24, 2.45) is 0 Å². The number of ketones is 1. The maximum Gasteiger partial charge on any atom is 0.198 e. The van der Waals surface area contributed by atoms with Gasteiger partial charge in [-0.15, -0.1) is 0 Å². The van der Waals surface area contributed by atoms with Crippen molar-refractivity contribution in [1.29, 1.82) is 0 Å². The molecule has 0 saturated carbocycles. The van der Waals surface area contributed by atoms with Crippen LogP contribution >= 0.6 is 0 Å². The molecule has 1 atom stereocenters. The lowest BCUT2D eigenvalue weighted by Gasteiger charge is -2.13. The number of pyridine rings is 2. The third kappa shape index (κ3) is 7.65. The number of aliphatic hydroxyl groups excluding tert-OH is 1. The van der Waals surface area contributed by atoms with Gasteiger partial charge in [-0.2, -0.15) is 19.2 Å². The van der Waals surface area contributed by atoms with Gasteiger partial charge in [0.25, 0.3) is 0 Å². The third-order valence-corrected chi connectivity index (χ3v) is 10.7. The van der Waals surface area contributed by atoms with Crippen molar-refractivity contribution < 1.29 is 9.90 Å². The first kappa shape index (κ1) is 37.9. The van der Waals surface area contributed by atoms with Crippen molar-refractivity contribution in [2.75, 3.05) is 10.6 Å². The van der Waals surface area contributed by atoms with E-state index in [0.29, 0.717) is 52.6 Å². The summed E-state index contributed by atoms with van der Waals surface area (Å²) in [5.74, 6) is 1.25. The lowest BCUT2D eigenvalue weighted by Crippen LogP contribution is -2.08. The van der Waals surface area contributed by atoms with Gasteiger partial charge in [-0.1, -0.05) is 121 Å². The summed E-state index contributed by atoms with van der Waals surface area (Å²) < 4.78 is 3.40. The minimum absolute atomic E-state index is 0.177. The molecule has 300 valence electrons. The molecule has 3 N–H and O–H groups in total. The highest BCUT2D eigenvalue weighted by Crippen LogP contribution is 2.32. The molecule has 0 aliphatic heterocycles. The molecule has 12 heteroatoms. The maximum absolute atomic E-state index is 14.1. The van der Waals surface area contributed by atoms with Crippen LogP contribution in [0.4, 0.5) is 11.6 Å². The number of aliphatic hydroxyl groups is 1. The standard InChI is InChI=1S/C50H38N10O2/c61-47(39-13-5-2-6-14-39)41-31-55-60-46(54-30-34-10-8-24-52-28-34)26-44(58-49(41)60)38-19-15-35(16-20-38)36-17-21-40(22-18-36)48(62)42-32-56-59-45(53-29-33-9-7-23-51-27-33)25-43(57-50(42)59)37-11-3-1-4-12-37/h1-28,31-32,47,53-54,61H,29-30H2. The Hall–Kier alpha value is -8.35.